The number of rotatable bonds is 14. The van der Waals surface area contributed by atoms with Gasteiger partial charge >= 0.3 is 8.80 Å². The van der Waals surface area contributed by atoms with E-state index in [-0.39, 0.29) is 0 Å². The van der Waals surface area contributed by atoms with Gasteiger partial charge in [0.1, 0.15) is 0 Å². The maximum Gasteiger partial charge on any atom is 0.500 e. The van der Waals surface area contributed by atoms with E-state index in [2.05, 4.69) is 17.6 Å². The summed E-state index contributed by atoms with van der Waals surface area (Å²) >= 11 is 0. The van der Waals surface area contributed by atoms with E-state index < -0.39 is 8.80 Å². The van der Waals surface area contributed by atoms with Crippen molar-refractivity contribution in [2.45, 2.75) is 65.8 Å². The molecule has 6 heteroatoms. The zero-order valence-corrected chi connectivity index (χ0v) is 17.2. The molecule has 0 heterocycles. The van der Waals surface area contributed by atoms with Crippen LogP contribution in [0.3, 0.4) is 0 Å². The molecule has 0 spiro atoms. The predicted octanol–water partition coefficient (Wildman–Crippen LogP) is 3.45. The number of hydrogen-bond donors (Lipinski definition) is 2. The lowest BCUT2D eigenvalue weighted by Gasteiger charge is -2.28. The van der Waals surface area contributed by atoms with Crippen LogP contribution in [0.1, 0.15) is 59.8 Å². The summed E-state index contributed by atoms with van der Waals surface area (Å²) in [5.74, 6) is 0. The lowest BCUT2D eigenvalue weighted by molar-refractivity contribution is 0.0708. The van der Waals surface area contributed by atoms with E-state index in [0.717, 1.165) is 32.1 Å². The molecule has 0 aromatic heterocycles. The zero-order valence-electron chi connectivity index (χ0n) is 16.2. The van der Waals surface area contributed by atoms with Crippen LogP contribution in [0.4, 0.5) is 0 Å². The third kappa shape index (κ3) is 8.12. The van der Waals surface area contributed by atoms with Crippen LogP contribution in [-0.4, -0.2) is 48.3 Å². The van der Waals surface area contributed by atoms with Crippen molar-refractivity contribution in [1.82, 2.24) is 10.6 Å². The molecule has 0 aromatic rings. The van der Waals surface area contributed by atoms with Crippen molar-refractivity contribution < 1.29 is 13.3 Å². The second-order valence-electron chi connectivity index (χ2n) is 6.23. The lowest BCUT2D eigenvalue weighted by atomic mass is 9.97. The summed E-state index contributed by atoms with van der Waals surface area (Å²) in [6.07, 6.45) is 6.17. The minimum absolute atomic E-state index is 0.651. The van der Waals surface area contributed by atoms with Gasteiger partial charge in [0.2, 0.25) is 0 Å². The van der Waals surface area contributed by atoms with Crippen LogP contribution in [-0.2, 0) is 13.3 Å². The van der Waals surface area contributed by atoms with Crippen molar-refractivity contribution >= 4 is 8.80 Å². The molecule has 1 rings (SSSR count). The van der Waals surface area contributed by atoms with Crippen LogP contribution in [0.5, 0.6) is 0 Å². The Morgan fingerprint density at radius 1 is 0.875 bits per heavy atom. The van der Waals surface area contributed by atoms with Crippen molar-refractivity contribution in [1.29, 1.82) is 0 Å². The molecule has 0 fully saturated rings. The molecular weight excluding hydrogens is 320 g/mol. The molecule has 1 aliphatic rings. The molecule has 0 bridgehead atoms. The highest BCUT2D eigenvalue weighted by Gasteiger charge is 2.39. The van der Waals surface area contributed by atoms with Gasteiger partial charge in [-0.3, -0.25) is 0 Å². The van der Waals surface area contributed by atoms with E-state index in [1.54, 1.807) is 5.57 Å². The first-order chi connectivity index (χ1) is 11.7. The predicted molar refractivity (Wildman–Crippen MR) is 102 cm³/mol. The summed E-state index contributed by atoms with van der Waals surface area (Å²) in [6.45, 7) is 13.2. The van der Waals surface area contributed by atoms with E-state index in [0.29, 0.717) is 19.8 Å². The standard InChI is InChI=1S/C18H38N2O3Si/c1-5-21-24(22-6-2,23-7-3)16-10-13-19-14-15-20-18-12-9-8-11-17(18)4/h19-20H,5-16H2,1-4H3. The minimum atomic E-state index is -2.46. The van der Waals surface area contributed by atoms with E-state index >= 15 is 0 Å². The van der Waals surface area contributed by atoms with Gasteiger partial charge in [-0.15, -0.1) is 0 Å². The molecule has 5 nitrogen and oxygen atoms in total. The van der Waals surface area contributed by atoms with Gasteiger partial charge < -0.3 is 23.9 Å². The van der Waals surface area contributed by atoms with Crippen molar-refractivity contribution in [3.63, 3.8) is 0 Å². The maximum atomic E-state index is 5.88. The van der Waals surface area contributed by atoms with Crippen molar-refractivity contribution in [2.24, 2.45) is 0 Å². The van der Waals surface area contributed by atoms with Crippen molar-refractivity contribution in [2.75, 3.05) is 39.5 Å². The van der Waals surface area contributed by atoms with Crippen LogP contribution in [0.25, 0.3) is 0 Å². The smallest absolute Gasteiger partial charge is 0.387 e. The molecule has 24 heavy (non-hydrogen) atoms. The van der Waals surface area contributed by atoms with Gasteiger partial charge in [0.25, 0.3) is 0 Å². The fourth-order valence-corrected chi connectivity index (χ4v) is 5.77. The van der Waals surface area contributed by atoms with Crippen LogP contribution >= 0.6 is 0 Å². The first-order valence-corrected chi connectivity index (χ1v) is 11.7. The SMILES string of the molecule is CCO[Si](CCCNCCNC1=C(C)CCCC1)(OCC)OCC. The Hall–Kier alpha value is -0.403. The second-order valence-corrected chi connectivity index (χ2v) is 8.96. The topological polar surface area (TPSA) is 51.8 Å². The summed E-state index contributed by atoms with van der Waals surface area (Å²) in [5.41, 5.74) is 3.01. The Kier molecular flexibility index (Phi) is 11.6. The Labute approximate surface area is 149 Å². The maximum absolute atomic E-state index is 5.88. The van der Waals surface area contributed by atoms with E-state index in [1.165, 1.54) is 31.4 Å². The molecule has 0 saturated heterocycles. The van der Waals surface area contributed by atoms with Gasteiger partial charge in [0.05, 0.1) is 0 Å². The molecule has 0 saturated carbocycles. The Morgan fingerprint density at radius 2 is 1.50 bits per heavy atom. The molecule has 1 aliphatic carbocycles. The van der Waals surface area contributed by atoms with E-state index in [9.17, 15) is 0 Å². The molecule has 0 amide bonds. The molecule has 2 N–H and O–H groups in total. The highest BCUT2D eigenvalue weighted by atomic mass is 28.4. The van der Waals surface area contributed by atoms with Crippen molar-refractivity contribution in [3.05, 3.63) is 11.3 Å². The Bertz CT molecular complexity index is 347. The number of allylic oxidation sites excluding steroid dienone is 2. The molecule has 142 valence electrons. The first kappa shape index (κ1) is 21.6. The Balaban J connectivity index is 2.18. The van der Waals surface area contributed by atoms with Gasteiger partial charge in [-0.1, -0.05) is 5.57 Å². The van der Waals surface area contributed by atoms with Gasteiger partial charge in [-0.2, -0.15) is 0 Å². The number of nitrogens with one attached hydrogen (secondary N) is 2. The van der Waals surface area contributed by atoms with Crippen molar-refractivity contribution in [3.8, 4) is 0 Å². The fraction of sp³-hybridized carbons (Fsp3) is 0.889. The zero-order chi connectivity index (χ0) is 17.7. The summed E-state index contributed by atoms with van der Waals surface area (Å²) < 4.78 is 17.6. The summed E-state index contributed by atoms with van der Waals surface area (Å²) in [5, 5.41) is 7.10. The van der Waals surface area contributed by atoms with Gasteiger partial charge in [0, 0.05) is 44.7 Å². The molecule has 0 radical (unpaired) electrons. The lowest BCUT2D eigenvalue weighted by Crippen LogP contribution is -2.46. The quantitative estimate of drug-likeness (QED) is 0.368. The molecule has 0 unspecified atom stereocenters. The monoisotopic (exact) mass is 358 g/mol. The van der Waals surface area contributed by atoms with Crippen LogP contribution in [0, 0.1) is 0 Å². The highest BCUT2D eigenvalue weighted by Crippen LogP contribution is 2.21. The molecular formula is C18H38N2O3Si. The van der Waals surface area contributed by atoms with Gasteiger partial charge in [-0.05, 0) is 66.3 Å². The summed E-state index contributed by atoms with van der Waals surface area (Å²) in [6, 6.07) is 0.882. The van der Waals surface area contributed by atoms with E-state index in [4.69, 9.17) is 13.3 Å². The van der Waals surface area contributed by atoms with E-state index in [1.807, 2.05) is 20.8 Å². The van der Waals surface area contributed by atoms with Crippen LogP contribution in [0.15, 0.2) is 11.3 Å². The molecule has 0 aliphatic heterocycles. The second kappa shape index (κ2) is 12.9. The minimum Gasteiger partial charge on any atom is -0.387 e. The average molecular weight is 359 g/mol. The fourth-order valence-electron chi connectivity index (χ4n) is 3.15. The van der Waals surface area contributed by atoms with Gasteiger partial charge in [0.15, 0.2) is 0 Å². The van der Waals surface area contributed by atoms with Crippen LogP contribution < -0.4 is 10.6 Å². The summed E-state index contributed by atoms with van der Waals surface area (Å²) in [4.78, 5) is 0. The first-order valence-electron chi connectivity index (χ1n) is 9.72. The summed E-state index contributed by atoms with van der Waals surface area (Å²) in [7, 11) is -2.46. The normalized spacial score (nSPS) is 15.8. The Morgan fingerprint density at radius 3 is 2.08 bits per heavy atom. The largest absolute Gasteiger partial charge is 0.500 e. The third-order valence-corrected chi connectivity index (χ3v) is 7.46. The average Bonchev–Trinajstić information content (AvgIpc) is 2.56. The third-order valence-electron chi connectivity index (χ3n) is 4.31. The molecule has 0 aromatic carbocycles. The van der Waals surface area contributed by atoms with Crippen LogP contribution in [0.2, 0.25) is 6.04 Å². The van der Waals surface area contributed by atoms with Gasteiger partial charge in [-0.25, -0.2) is 0 Å². The number of hydrogen-bond acceptors (Lipinski definition) is 5. The molecule has 0 atom stereocenters. The highest BCUT2D eigenvalue weighted by molar-refractivity contribution is 6.60.